The lowest BCUT2D eigenvalue weighted by molar-refractivity contribution is -0.00526. The summed E-state index contributed by atoms with van der Waals surface area (Å²) in [7, 11) is 0. The molecule has 3 rings (SSSR count). The average Bonchev–Trinajstić information content (AvgIpc) is 3.00. The van der Waals surface area contributed by atoms with Crippen molar-refractivity contribution in [2.45, 2.75) is 57.9 Å². The third kappa shape index (κ3) is 4.06. The summed E-state index contributed by atoms with van der Waals surface area (Å²) in [5, 5.41) is 13.2. The Morgan fingerprint density at radius 2 is 1.91 bits per heavy atom. The maximum atomic E-state index is 9.49. The zero-order chi connectivity index (χ0) is 16.2. The summed E-state index contributed by atoms with van der Waals surface area (Å²) in [5.74, 6) is 0.422. The Kier molecular flexibility index (Phi) is 5.57. The molecule has 4 heteroatoms. The number of benzene rings is 1. The van der Waals surface area contributed by atoms with E-state index in [4.69, 9.17) is 4.74 Å². The van der Waals surface area contributed by atoms with Crippen molar-refractivity contribution < 1.29 is 9.84 Å². The lowest BCUT2D eigenvalue weighted by Gasteiger charge is -2.38. The molecule has 1 aromatic rings. The summed E-state index contributed by atoms with van der Waals surface area (Å²) < 4.78 is 5.86. The molecule has 2 N–H and O–H groups in total. The molecule has 1 saturated heterocycles. The van der Waals surface area contributed by atoms with Crippen molar-refractivity contribution in [3.05, 3.63) is 29.8 Å². The standard InChI is InChI=1S/C19H30N2O2/c1-14-11-21(12-15(2)23-14)19-9-4-3-6-16(19)10-20-18-8-5-7-17(18)13-22/h3-4,6,9,14-15,17-18,20,22H,5,7-8,10-13H2,1-2H3/t14-,15+,17-,18-/m1/s1. The summed E-state index contributed by atoms with van der Waals surface area (Å²) in [5.41, 5.74) is 2.66. The molecule has 0 radical (unpaired) electrons. The first-order chi connectivity index (χ1) is 11.2. The number of aliphatic hydroxyl groups is 1. The molecule has 2 fully saturated rings. The van der Waals surface area contributed by atoms with Crippen LogP contribution in [-0.4, -0.2) is 43.1 Å². The van der Waals surface area contributed by atoms with Crippen molar-refractivity contribution >= 4 is 5.69 Å². The largest absolute Gasteiger partial charge is 0.396 e. The van der Waals surface area contributed by atoms with Gasteiger partial charge in [0.2, 0.25) is 0 Å². The molecule has 0 spiro atoms. The molecule has 1 aliphatic heterocycles. The van der Waals surface area contributed by atoms with Crippen LogP contribution in [0.5, 0.6) is 0 Å². The summed E-state index contributed by atoms with van der Waals surface area (Å²) in [6.07, 6.45) is 4.10. The molecule has 1 aliphatic carbocycles. The minimum absolute atomic E-state index is 0.272. The molecule has 2 aliphatic rings. The molecule has 4 nitrogen and oxygen atoms in total. The van der Waals surface area contributed by atoms with Gasteiger partial charge in [0.15, 0.2) is 0 Å². The number of morpholine rings is 1. The van der Waals surface area contributed by atoms with Crippen molar-refractivity contribution in [1.82, 2.24) is 5.32 Å². The monoisotopic (exact) mass is 318 g/mol. The van der Waals surface area contributed by atoms with Crippen LogP contribution >= 0.6 is 0 Å². The Morgan fingerprint density at radius 3 is 2.65 bits per heavy atom. The van der Waals surface area contributed by atoms with Gasteiger partial charge in [0.1, 0.15) is 0 Å². The van der Waals surface area contributed by atoms with Crippen LogP contribution in [-0.2, 0) is 11.3 Å². The number of hydrogen-bond donors (Lipinski definition) is 2. The third-order valence-electron chi connectivity index (χ3n) is 5.20. The Balaban J connectivity index is 1.68. The van der Waals surface area contributed by atoms with E-state index in [0.29, 0.717) is 18.6 Å². The number of para-hydroxylation sites is 1. The number of rotatable bonds is 5. The summed E-state index contributed by atoms with van der Waals surface area (Å²) in [4.78, 5) is 2.45. The van der Waals surface area contributed by atoms with Crippen LogP contribution in [0.1, 0.15) is 38.7 Å². The van der Waals surface area contributed by atoms with E-state index in [2.05, 4.69) is 48.3 Å². The highest BCUT2D eigenvalue weighted by atomic mass is 16.5. The van der Waals surface area contributed by atoms with Gasteiger partial charge in [-0.25, -0.2) is 0 Å². The van der Waals surface area contributed by atoms with E-state index in [1.54, 1.807) is 0 Å². The van der Waals surface area contributed by atoms with Crippen LogP contribution in [0, 0.1) is 5.92 Å². The number of anilines is 1. The first-order valence-corrected chi connectivity index (χ1v) is 9.00. The van der Waals surface area contributed by atoms with Gasteiger partial charge in [-0.15, -0.1) is 0 Å². The minimum Gasteiger partial charge on any atom is -0.396 e. The fourth-order valence-corrected chi connectivity index (χ4v) is 4.11. The smallest absolute Gasteiger partial charge is 0.0726 e. The van der Waals surface area contributed by atoms with Gasteiger partial charge in [0.05, 0.1) is 12.2 Å². The molecule has 0 unspecified atom stereocenters. The Bertz CT molecular complexity index is 498. The van der Waals surface area contributed by atoms with Gasteiger partial charge < -0.3 is 20.1 Å². The number of nitrogens with one attached hydrogen (secondary N) is 1. The quantitative estimate of drug-likeness (QED) is 0.876. The van der Waals surface area contributed by atoms with Crippen LogP contribution < -0.4 is 10.2 Å². The summed E-state index contributed by atoms with van der Waals surface area (Å²) >= 11 is 0. The van der Waals surface area contributed by atoms with Crippen molar-refractivity contribution in [2.24, 2.45) is 5.92 Å². The van der Waals surface area contributed by atoms with Gasteiger partial charge >= 0.3 is 0 Å². The van der Waals surface area contributed by atoms with Crippen LogP contribution in [0.4, 0.5) is 5.69 Å². The first kappa shape index (κ1) is 16.7. The number of ether oxygens (including phenoxy) is 1. The van der Waals surface area contributed by atoms with Crippen molar-refractivity contribution in [1.29, 1.82) is 0 Å². The maximum absolute atomic E-state index is 9.49. The Hall–Kier alpha value is -1.10. The molecular formula is C19H30N2O2. The van der Waals surface area contributed by atoms with E-state index < -0.39 is 0 Å². The number of aliphatic hydroxyl groups excluding tert-OH is 1. The average molecular weight is 318 g/mol. The summed E-state index contributed by atoms with van der Waals surface area (Å²) in [6, 6.07) is 9.13. The highest BCUT2D eigenvalue weighted by molar-refractivity contribution is 5.54. The second-order valence-electron chi connectivity index (χ2n) is 7.15. The second-order valence-corrected chi connectivity index (χ2v) is 7.15. The Morgan fingerprint density at radius 1 is 1.17 bits per heavy atom. The van der Waals surface area contributed by atoms with Crippen LogP contribution in [0.3, 0.4) is 0 Å². The predicted octanol–water partition coefficient (Wildman–Crippen LogP) is 2.55. The van der Waals surface area contributed by atoms with Crippen molar-refractivity contribution in [2.75, 3.05) is 24.6 Å². The molecule has 1 saturated carbocycles. The van der Waals surface area contributed by atoms with E-state index in [-0.39, 0.29) is 12.2 Å². The molecule has 23 heavy (non-hydrogen) atoms. The van der Waals surface area contributed by atoms with Gasteiger partial charge in [-0.2, -0.15) is 0 Å². The molecular weight excluding hydrogens is 288 g/mol. The molecule has 1 aromatic carbocycles. The van der Waals surface area contributed by atoms with Gasteiger partial charge in [-0.1, -0.05) is 24.6 Å². The van der Waals surface area contributed by atoms with E-state index in [1.165, 1.54) is 24.1 Å². The maximum Gasteiger partial charge on any atom is 0.0726 e. The predicted molar refractivity (Wildman–Crippen MR) is 93.7 cm³/mol. The molecule has 128 valence electrons. The van der Waals surface area contributed by atoms with Gasteiger partial charge in [-0.3, -0.25) is 0 Å². The van der Waals surface area contributed by atoms with Crippen LogP contribution in [0.15, 0.2) is 24.3 Å². The fraction of sp³-hybridized carbons (Fsp3) is 0.684. The lowest BCUT2D eigenvalue weighted by Crippen LogP contribution is -2.46. The normalized spacial score (nSPS) is 31.5. The van der Waals surface area contributed by atoms with E-state index in [9.17, 15) is 5.11 Å². The second kappa shape index (κ2) is 7.65. The molecule has 1 heterocycles. The molecule has 4 atom stereocenters. The lowest BCUT2D eigenvalue weighted by atomic mass is 10.0. The van der Waals surface area contributed by atoms with Crippen LogP contribution in [0.25, 0.3) is 0 Å². The fourth-order valence-electron chi connectivity index (χ4n) is 4.11. The zero-order valence-electron chi connectivity index (χ0n) is 14.4. The topological polar surface area (TPSA) is 44.7 Å². The Labute approximate surface area is 139 Å². The van der Waals surface area contributed by atoms with Gasteiger partial charge in [0, 0.05) is 38.0 Å². The summed E-state index contributed by atoms with van der Waals surface area (Å²) in [6.45, 7) is 7.37. The van der Waals surface area contributed by atoms with E-state index >= 15 is 0 Å². The van der Waals surface area contributed by atoms with Gasteiger partial charge in [-0.05, 0) is 44.2 Å². The molecule has 0 amide bonds. The van der Waals surface area contributed by atoms with Crippen molar-refractivity contribution in [3.63, 3.8) is 0 Å². The number of hydrogen-bond acceptors (Lipinski definition) is 4. The van der Waals surface area contributed by atoms with Crippen LogP contribution in [0.2, 0.25) is 0 Å². The van der Waals surface area contributed by atoms with E-state index in [0.717, 1.165) is 26.1 Å². The number of nitrogens with zero attached hydrogens (tertiary/aromatic N) is 1. The molecule has 0 aromatic heterocycles. The highest BCUT2D eigenvalue weighted by Gasteiger charge is 2.27. The zero-order valence-corrected chi connectivity index (χ0v) is 14.4. The SMILES string of the molecule is C[C@@H]1CN(c2ccccc2CN[C@@H]2CCC[C@@H]2CO)C[C@H](C)O1. The van der Waals surface area contributed by atoms with Crippen molar-refractivity contribution in [3.8, 4) is 0 Å². The van der Waals surface area contributed by atoms with E-state index in [1.807, 2.05) is 0 Å². The first-order valence-electron chi connectivity index (χ1n) is 9.00. The van der Waals surface area contributed by atoms with Gasteiger partial charge in [0.25, 0.3) is 0 Å². The molecule has 0 bridgehead atoms. The third-order valence-corrected chi connectivity index (χ3v) is 5.20. The minimum atomic E-state index is 0.272. The highest BCUT2D eigenvalue weighted by Crippen LogP contribution is 2.27.